The molecule has 0 atom stereocenters. The molecule has 2 N–H and O–H groups in total. The lowest BCUT2D eigenvalue weighted by molar-refractivity contribution is 0.402. The number of hydrogen-bond acceptors (Lipinski definition) is 7. The maximum atomic E-state index is 14.4. The lowest BCUT2D eigenvalue weighted by Gasteiger charge is -2.15. The van der Waals surface area contributed by atoms with Crippen LogP contribution in [0.1, 0.15) is 11.1 Å². The van der Waals surface area contributed by atoms with Crippen LogP contribution in [0.3, 0.4) is 0 Å². The molecule has 0 spiro atoms. The van der Waals surface area contributed by atoms with Crippen molar-refractivity contribution in [1.29, 1.82) is 10.5 Å². The average molecular weight is 569 g/mol. The summed E-state index contributed by atoms with van der Waals surface area (Å²) in [6.45, 7) is 0. The van der Waals surface area contributed by atoms with Crippen molar-refractivity contribution in [2.24, 2.45) is 0 Å². The highest BCUT2D eigenvalue weighted by Crippen LogP contribution is 2.32. The molecular weight excluding hydrogens is 552 g/mol. The molecule has 0 radical (unpaired) electrons. The number of nitrogens with zero attached hydrogens (tertiary/aromatic N) is 2. The Kier molecular flexibility index (Phi) is 8.14. The van der Waals surface area contributed by atoms with Gasteiger partial charge in [0.05, 0.1) is 37.0 Å². The zero-order valence-corrected chi connectivity index (χ0v) is 20.9. The Morgan fingerprint density at radius 3 is 1.55 bits per heavy atom. The molecule has 0 saturated carbocycles. The minimum atomic E-state index is -4.90. The van der Waals surface area contributed by atoms with Crippen LogP contribution < -0.4 is 14.2 Å². The van der Waals surface area contributed by atoms with Gasteiger partial charge in [-0.05, 0) is 53.6 Å². The van der Waals surface area contributed by atoms with E-state index in [2.05, 4.69) is 0 Å². The van der Waals surface area contributed by atoms with E-state index in [0.29, 0.717) is 6.07 Å². The zero-order chi connectivity index (χ0) is 28.3. The fourth-order valence-corrected chi connectivity index (χ4v) is 5.70. The van der Waals surface area contributed by atoms with E-state index < -0.39 is 70.2 Å². The number of rotatable bonds is 9. The van der Waals surface area contributed by atoms with E-state index >= 15 is 0 Å². The molecule has 3 rings (SSSR count). The SMILES string of the molecule is COc1ccc(S(=O)(=O)Nc2c(F)cc(CC#N)cc2F)cc1S(=O)(=O)Nc1c(F)cc(CC#N)cc1F. The normalized spacial score (nSPS) is 11.3. The molecule has 0 bridgehead atoms. The number of halogens is 4. The number of hydrogen-bond donors (Lipinski definition) is 2. The highest BCUT2D eigenvalue weighted by Gasteiger charge is 2.27. The van der Waals surface area contributed by atoms with Crippen LogP contribution in [0.25, 0.3) is 0 Å². The monoisotopic (exact) mass is 568 g/mol. The Hall–Kier alpha value is -4.34. The van der Waals surface area contributed by atoms with Crippen molar-refractivity contribution in [2.75, 3.05) is 16.6 Å². The van der Waals surface area contributed by atoms with Crippen molar-refractivity contribution >= 4 is 31.4 Å². The van der Waals surface area contributed by atoms with Gasteiger partial charge in [-0.1, -0.05) is 0 Å². The standard InChI is InChI=1S/C23H16F4N4O5S2/c1-36-20-3-2-15(37(32,33)30-22-16(24)8-13(4-6-28)9-17(22)25)12-21(20)38(34,35)31-23-18(26)10-14(5-7-29)11-19(23)27/h2-3,8-12,30-31H,4-5H2,1H3. The number of nitrogens with one attached hydrogen (secondary N) is 2. The summed E-state index contributed by atoms with van der Waals surface area (Å²) in [5, 5.41) is 17.4. The second-order valence-corrected chi connectivity index (χ2v) is 10.9. The second-order valence-electron chi connectivity index (χ2n) is 7.56. The molecule has 15 heteroatoms. The summed E-state index contributed by atoms with van der Waals surface area (Å²) in [5.74, 6) is -5.75. The van der Waals surface area contributed by atoms with Gasteiger partial charge in [0.25, 0.3) is 20.0 Å². The van der Waals surface area contributed by atoms with Crippen molar-refractivity contribution in [3.63, 3.8) is 0 Å². The molecule has 0 saturated heterocycles. The van der Waals surface area contributed by atoms with Gasteiger partial charge in [-0.25, -0.2) is 34.4 Å². The molecule has 3 aromatic rings. The predicted octanol–water partition coefficient (Wildman–Crippen LogP) is 3.99. The minimum absolute atomic E-state index is 0.0468. The van der Waals surface area contributed by atoms with E-state index in [-0.39, 0.29) is 24.0 Å². The maximum absolute atomic E-state index is 14.4. The first-order valence-electron chi connectivity index (χ1n) is 10.3. The smallest absolute Gasteiger partial charge is 0.265 e. The van der Waals surface area contributed by atoms with Crippen molar-refractivity contribution < 1.29 is 39.1 Å². The van der Waals surface area contributed by atoms with Gasteiger partial charge in [0, 0.05) is 0 Å². The summed E-state index contributed by atoms with van der Waals surface area (Å²) in [6.07, 6.45) is -0.681. The van der Waals surface area contributed by atoms with Gasteiger partial charge in [-0.15, -0.1) is 0 Å². The van der Waals surface area contributed by atoms with Crippen LogP contribution in [0, 0.1) is 45.9 Å². The second kappa shape index (κ2) is 11.0. The Morgan fingerprint density at radius 1 is 0.737 bits per heavy atom. The number of ether oxygens (including phenoxy) is 1. The Balaban J connectivity index is 2.03. The van der Waals surface area contributed by atoms with Crippen molar-refractivity contribution in [3.05, 3.63) is 76.9 Å². The van der Waals surface area contributed by atoms with Crippen LogP contribution in [0.2, 0.25) is 0 Å². The van der Waals surface area contributed by atoms with Crippen LogP contribution in [0.5, 0.6) is 5.75 Å². The van der Waals surface area contributed by atoms with Crippen LogP contribution in [-0.2, 0) is 32.9 Å². The third-order valence-electron chi connectivity index (χ3n) is 4.98. The van der Waals surface area contributed by atoms with Gasteiger partial charge < -0.3 is 4.74 Å². The van der Waals surface area contributed by atoms with Crippen LogP contribution >= 0.6 is 0 Å². The molecular formula is C23H16F4N4O5S2. The quantitative estimate of drug-likeness (QED) is 0.371. The summed E-state index contributed by atoms with van der Waals surface area (Å²) in [5.41, 5.74) is -2.27. The van der Waals surface area contributed by atoms with Crippen LogP contribution in [0.15, 0.2) is 52.3 Å². The Labute approximate surface area is 215 Å². The average Bonchev–Trinajstić information content (AvgIpc) is 2.84. The molecule has 0 fully saturated rings. The van der Waals surface area contributed by atoms with Gasteiger partial charge in [0.1, 0.15) is 22.0 Å². The van der Waals surface area contributed by atoms with Gasteiger partial charge in [0.2, 0.25) is 0 Å². The van der Waals surface area contributed by atoms with Gasteiger partial charge >= 0.3 is 0 Å². The van der Waals surface area contributed by atoms with Gasteiger partial charge in [-0.3, -0.25) is 9.44 Å². The first-order valence-corrected chi connectivity index (χ1v) is 13.2. The number of benzene rings is 3. The topological polar surface area (TPSA) is 149 Å². The lowest BCUT2D eigenvalue weighted by Crippen LogP contribution is -2.19. The fourth-order valence-electron chi connectivity index (χ4n) is 3.25. The van der Waals surface area contributed by atoms with Crippen molar-refractivity contribution in [2.45, 2.75) is 22.6 Å². The third-order valence-corrected chi connectivity index (χ3v) is 7.70. The molecule has 198 valence electrons. The van der Waals surface area contributed by atoms with Crippen molar-refractivity contribution in [1.82, 2.24) is 0 Å². The molecule has 0 aliphatic carbocycles. The number of nitriles is 2. The Bertz CT molecular complexity index is 1670. The number of methoxy groups -OCH3 is 1. The Morgan fingerprint density at radius 2 is 1.16 bits per heavy atom. The molecule has 0 amide bonds. The maximum Gasteiger partial charge on any atom is 0.265 e. The summed E-state index contributed by atoms with van der Waals surface area (Å²) < 4.78 is 118. The molecule has 3 aromatic carbocycles. The third kappa shape index (κ3) is 5.96. The predicted molar refractivity (Wildman–Crippen MR) is 126 cm³/mol. The zero-order valence-electron chi connectivity index (χ0n) is 19.2. The first kappa shape index (κ1) is 28.2. The summed E-state index contributed by atoms with van der Waals surface area (Å²) >= 11 is 0. The van der Waals surface area contributed by atoms with E-state index in [9.17, 15) is 34.4 Å². The number of sulfonamides is 2. The summed E-state index contributed by atoms with van der Waals surface area (Å²) in [4.78, 5) is -1.66. The lowest BCUT2D eigenvalue weighted by atomic mass is 10.1. The highest BCUT2D eigenvalue weighted by molar-refractivity contribution is 7.93. The largest absolute Gasteiger partial charge is 0.495 e. The molecule has 9 nitrogen and oxygen atoms in total. The number of anilines is 2. The summed E-state index contributed by atoms with van der Waals surface area (Å²) in [7, 11) is -8.67. The molecule has 0 heterocycles. The minimum Gasteiger partial charge on any atom is -0.495 e. The molecule has 0 unspecified atom stereocenters. The molecule has 0 aromatic heterocycles. The van der Waals surface area contributed by atoms with Crippen molar-refractivity contribution in [3.8, 4) is 17.9 Å². The van der Waals surface area contributed by atoms with E-state index in [1.807, 2.05) is 0 Å². The fraction of sp³-hybridized carbons (Fsp3) is 0.130. The summed E-state index contributed by atoms with van der Waals surface area (Å²) in [6, 6.07) is 8.72. The van der Waals surface area contributed by atoms with Gasteiger partial charge in [0.15, 0.2) is 23.3 Å². The van der Waals surface area contributed by atoms with E-state index in [1.54, 1.807) is 21.6 Å². The van der Waals surface area contributed by atoms with E-state index in [0.717, 1.165) is 43.5 Å². The van der Waals surface area contributed by atoms with Crippen LogP contribution in [-0.4, -0.2) is 23.9 Å². The molecule has 0 aliphatic heterocycles. The van der Waals surface area contributed by atoms with Gasteiger partial charge in [-0.2, -0.15) is 10.5 Å². The van der Waals surface area contributed by atoms with E-state index in [1.165, 1.54) is 0 Å². The first-order chi connectivity index (χ1) is 17.8. The highest BCUT2D eigenvalue weighted by atomic mass is 32.2. The van der Waals surface area contributed by atoms with Crippen LogP contribution in [0.4, 0.5) is 28.9 Å². The van der Waals surface area contributed by atoms with E-state index in [4.69, 9.17) is 15.3 Å². The molecule has 38 heavy (non-hydrogen) atoms. The molecule has 0 aliphatic rings.